The molecule has 3 atom stereocenters. The summed E-state index contributed by atoms with van der Waals surface area (Å²) < 4.78 is 130. The van der Waals surface area contributed by atoms with Crippen LogP contribution < -0.4 is 0 Å². The molecule has 30 nitrogen and oxygen atoms in total. The van der Waals surface area contributed by atoms with E-state index in [9.17, 15) is 115 Å². The van der Waals surface area contributed by atoms with Gasteiger partial charge in [-0.1, -0.05) is 95.9 Å². The van der Waals surface area contributed by atoms with E-state index in [1.54, 1.807) is 83.1 Å². The van der Waals surface area contributed by atoms with Gasteiger partial charge in [-0.15, -0.1) is 0 Å². The fraction of sp³-hybridized carbons (Fsp3) is 0.885. The number of hydrogen-bond acceptors (Lipinski definition) is 30. The van der Waals surface area contributed by atoms with E-state index < -0.39 is 167 Å². The van der Waals surface area contributed by atoms with Crippen molar-refractivity contribution in [3.05, 3.63) is 0 Å². The van der Waals surface area contributed by atoms with Crippen molar-refractivity contribution in [3.63, 3.8) is 0 Å². The summed E-state index contributed by atoms with van der Waals surface area (Å²) in [5.74, 6) is -7.33. The molecular formula is C96H176F6O30. The molecule has 0 aromatic carbocycles. The molecule has 8 N–H and O–H groups in total. The standard InChI is InChI=1S/C19H34O8.C15H28O5.C15H28O3.C13H26O3.C12H16F6O5.C12H24O3.C10H20O3/c1-9-16(2,3)13(20)25-10-19(8,11-26-14(21)17(4,5)23)12-27-15(22)18(6,7)24;1-8-14(4,5)11(16)19-9-13(2,3)10-20-12(17)15(6,7)18;1-6-14(2,3)13(16)18-12(15(4,5)17)11-9-7-8-10-11;1-8-12(4,5)11(14)16-10(9(2)3)13(6,7)15;1-4-9(2,3)7(19)22-5-6-23-8(20)10(21,11(13,14)15)12(16,17)18;1-7-9(12(5,6)14)15-10(13)11(3,4)8-2;1-6-9(2,3)8(11)13-7-10(4,5)12/h23-24H,9-12H2,1-8H3;18H,8-10H2,1-7H3;11-12,17H,6-10H2,1-5H3;9-10,15H,8H2,1-7H3;21H,4-6H2,1-3H3;9,14H,7-8H2,1-6H3;12H,6-7H2,1-5H3. The van der Waals surface area contributed by atoms with Crippen LogP contribution in [0.2, 0.25) is 0 Å². The Morgan fingerprint density at radius 2 is 0.538 bits per heavy atom. The molecule has 132 heavy (non-hydrogen) atoms. The predicted molar refractivity (Wildman–Crippen MR) is 486 cm³/mol. The fourth-order valence-electron chi connectivity index (χ4n) is 9.48. The normalized spacial score (nSPS) is 14.5. The molecule has 3 unspecified atom stereocenters. The molecular weight excluding hydrogens is 1750 g/mol. The van der Waals surface area contributed by atoms with E-state index >= 15 is 0 Å². The van der Waals surface area contributed by atoms with Gasteiger partial charge < -0.3 is 93.0 Å². The third kappa shape index (κ3) is 52.1. The van der Waals surface area contributed by atoms with Crippen molar-refractivity contribution in [3.8, 4) is 0 Å². The van der Waals surface area contributed by atoms with Crippen LogP contribution in [0.4, 0.5) is 26.3 Å². The zero-order chi connectivity index (χ0) is 107. The number of hydrogen-bond donors (Lipinski definition) is 8. The number of ether oxygens (including phenoxy) is 11. The lowest BCUT2D eigenvalue weighted by atomic mass is 9.86. The molecule has 0 amide bonds. The Morgan fingerprint density at radius 1 is 0.295 bits per heavy atom. The van der Waals surface area contributed by atoms with Gasteiger partial charge in [0.15, 0.2) is 16.8 Å². The quantitative estimate of drug-likeness (QED) is 0.0122. The Labute approximate surface area is 784 Å². The summed E-state index contributed by atoms with van der Waals surface area (Å²) in [6.45, 7) is 68.4. The maximum atomic E-state index is 12.3. The number of carbonyl (C=O) groups excluding carboxylic acids is 11. The zero-order valence-corrected chi connectivity index (χ0v) is 87.9. The van der Waals surface area contributed by atoms with E-state index in [0.717, 1.165) is 38.5 Å². The summed E-state index contributed by atoms with van der Waals surface area (Å²) in [5.41, 5.74) is -20.0. The smallest absolute Gasteiger partial charge is 0.437 e. The minimum absolute atomic E-state index is 0.0509. The Bertz CT molecular complexity index is 3450. The fourth-order valence-corrected chi connectivity index (χ4v) is 9.48. The van der Waals surface area contributed by atoms with Gasteiger partial charge in [0.1, 0.15) is 58.0 Å². The van der Waals surface area contributed by atoms with E-state index in [0.29, 0.717) is 31.6 Å². The van der Waals surface area contributed by atoms with Crippen molar-refractivity contribution >= 4 is 65.7 Å². The molecule has 782 valence electrons. The summed E-state index contributed by atoms with van der Waals surface area (Å²) in [7, 11) is 0. The lowest BCUT2D eigenvalue weighted by Gasteiger charge is -2.35. The van der Waals surface area contributed by atoms with Crippen LogP contribution in [0.3, 0.4) is 0 Å². The van der Waals surface area contributed by atoms with Gasteiger partial charge in [0, 0.05) is 5.41 Å². The molecule has 1 aliphatic rings. The minimum Gasteiger partial charge on any atom is -0.465 e. The van der Waals surface area contributed by atoms with Crippen molar-refractivity contribution in [2.24, 2.45) is 60.6 Å². The lowest BCUT2D eigenvalue weighted by molar-refractivity contribution is -0.357. The molecule has 1 aliphatic carbocycles. The van der Waals surface area contributed by atoms with Crippen LogP contribution in [0.25, 0.3) is 0 Å². The maximum absolute atomic E-state index is 12.3. The summed E-state index contributed by atoms with van der Waals surface area (Å²) in [4.78, 5) is 129. The summed E-state index contributed by atoms with van der Waals surface area (Å²) in [6.07, 6.45) is -4.27. The van der Waals surface area contributed by atoms with Gasteiger partial charge in [-0.25, -0.2) is 19.2 Å². The summed E-state index contributed by atoms with van der Waals surface area (Å²) in [6, 6.07) is 0. The van der Waals surface area contributed by atoms with Crippen LogP contribution in [0.15, 0.2) is 0 Å². The van der Waals surface area contributed by atoms with Crippen molar-refractivity contribution in [1.82, 2.24) is 0 Å². The molecule has 0 heterocycles. The maximum Gasteiger partial charge on any atom is 0.437 e. The second kappa shape index (κ2) is 54.5. The highest BCUT2D eigenvalue weighted by atomic mass is 19.4. The van der Waals surface area contributed by atoms with E-state index in [2.05, 4.69) is 9.47 Å². The predicted octanol–water partition coefficient (Wildman–Crippen LogP) is 16.6. The molecule has 0 bridgehead atoms. The molecule has 0 aromatic heterocycles. The molecule has 1 fully saturated rings. The number of carbonyl (C=O) groups is 11. The molecule has 0 aliphatic heterocycles. The van der Waals surface area contributed by atoms with Gasteiger partial charge in [-0.2, -0.15) is 26.3 Å². The first-order valence-electron chi connectivity index (χ1n) is 45.3. The van der Waals surface area contributed by atoms with Crippen LogP contribution >= 0.6 is 0 Å². The first-order valence-corrected chi connectivity index (χ1v) is 45.3. The van der Waals surface area contributed by atoms with E-state index in [1.807, 2.05) is 145 Å². The Hall–Kier alpha value is -6.57. The highest BCUT2D eigenvalue weighted by molar-refractivity contribution is 5.83. The van der Waals surface area contributed by atoms with Crippen LogP contribution in [0.1, 0.15) is 361 Å². The number of rotatable bonds is 42. The monoisotopic (exact) mass is 1920 g/mol. The zero-order valence-electron chi connectivity index (χ0n) is 87.9. The van der Waals surface area contributed by atoms with Gasteiger partial charge in [0.25, 0.3) is 0 Å². The number of esters is 11. The Kier molecular flexibility index (Phi) is 56.3. The summed E-state index contributed by atoms with van der Waals surface area (Å²) in [5, 5.41) is 76.9. The average Bonchev–Trinajstić information content (AvgIpc) is 1.41. The van der Waals surface area contributed by atoms with Crippen molar-refractivity contribution in [2.75, 3.05) is 52.9 Å². The molecule has 0 saturated heterocycles. The number of aliphatic hydroxyl groups is 8. The molecule has 1 rings (SSSR count). The molecule has 0 radical (unpaired) electrons. The number of alkyl halides is 6. The van der Waals surface area contributed by atoms with Crippen LogP contribution in [0, 0.1) is 60.6 Å². The minimum atomic E-state index is -6.32. The topological polar surface area (TPSA) is 451 Å². The summed E-state index contributed by atoms with van der Waals surface area (Å²) >= 11 is 0. The first-order chi connectivity index (χ1) is 58.4. The number of halogens is 6. The van der Waals surface area contributed by atoms with Gasteiger partial charge in [-0.3, -0.25) is 33.6 Å². The largest absolute Gasteiger partial charge is 0.465 e. The first kappa shape index (κ1) is 136. The van der Waals surface area contributed by atoms with Gasteiger partial charge in [-0.05, 0) is 277 Å². The van der Waals surface area contributed by atoms with Gasteiger partial charge >= 0.3 is 83.6 Å². The molecule has 0 aromatic rings. The second-order valence-corrected chi connectivity index (χ2v) is 43.8. The highest BCUT2D eigenvalue weighted by Gasteiger charge is 2.77. The van der Waals surface area contributed by atoms with Crippen LogP contribution in [0.5, 0.6) is 0 Å². The molecule has 1 saturated carbocycles. The van der Waals surface area contributed by atoms with Crippen molar-refractivity contribution in [1.29, 1.82) is 0 Å². The lowest BCUT2D eigenvalue weighted by Crippen LogP contribution is -2.63. The SMILES string of the molecule is CCC(C)(C)C(=O)OC(C(C)C)C(C)(C)O.CCC(C)(C)C(=O)OC(C1CCCC1)C(C)(C)O.CCC(C)(C)C(=O)OCC(C)(C)COC(=O)C(C)(C)O.CCC(C)(C)C(=O)OCC(C)(C)O.CCC(C)(C)C(=O)OCC(C)(COC(=O)C(C)(C)O)COC(=O)C(C)(C)O.CCC(C)(C)C(=O)OCCOC(=O)C(O)(C(F)(F)F)C(F)(F)F.CCC(OC(=O)C(C)(C)CC)C(C)(C)O. The van der Waals surface area contributed by atoms with Crippen molar-refractivity contribution < 1.29 is 172 Å². The van der Waals surface area contributed by atoms with Crippen LogP contribution in [-0.4, -0.2) is 235 Å². The third-order valence-electron chi connectivity index (χ3n) is 22.3. The van der Waals surface area contributed by atoms with Crippen molar-refractivity contribution in [2.45, 2.75) is 436 Å². The Morgan fingerprint density at radius 3 is 0.780 bits per heavy atom. The molecule has 0 spiro atoms. The highest BCUT2D eigenvalue weighted by Crippen LogP contribution is 2.44. The van der Waals surface area contributed by atoms with Crippen LogP contribution in [-0.2, 0) is 105 Å². The van der Waals surface area contributed by atoms with E-state index in [4.69, 9.17) is 47.7 Å². The second-order valence-electron chi connectivity index (χ2n) is 43.8. The van der Waals surface area contributed by atoms with E-state index in [1.165, 1.54) is 68.2 Å². The van der Waals surface area contributed by atoms with Gasteiger partial charge in [0.2, 0.25) is 0 Å². The van der Waals surface area contributed by atoms with Gasteiger partial charge in [0.05, 0.1) is 78.9 Å². The molecule has 36 heteroatoms. The third-order valence-corrected chi connectivity index (χ3v) is 22.3. The Balaban J connectivity index is -0.000000355. The van der Waals surface area contributed by atoms with E-state index in [-0.39, 0.29) is 81.5 Å². The average molecular weight is 1920 g/mol.